The first-order chi connectivity index (χ1) is 8.99. The summed E-state index contributed by atoms with van der Waals surface area (Å²) >= 11 is 17.6. The van der Waals surface area contributed by atoms with Gasteiger partial charge in [-0.05, 0) is 24.3 Å². The van der Waals surface area contributed by atoms with E-state index >= 15 is 0 Å². The van der Waals surface area contributed by atoms with Gasteiger partial charge < -0.3 is 10.4 Å². The van der Waals surface area contributed by atoms with Crippen molar-refractivity contribution in [2.24, 2.45) is 0 Å². The van der Waals surface area contributed by atoms with E-state index in [1.807, 2.05) is 0 Å². The molecule has 98 valence electrons. The topological polar surface area (TPSA) is 62.2 Å². The zero-order valence-electron chi connectivity index (χ0n) is 9.32. The number of nitrogens with zero attached hydrogens (tertiary/aromatic N) is 1. The van der Waals surface area contributed by atoms with Gasteiger partial charge in [0.25, 0.3) is 5.91 Å². The minimum Gasteiger partial charge on any atom is -0.505 e. The summed E-state index contributed by atoms with van der Waals surface area (Å²) in [5.74, 6) is -0.824. The Labute approximate surface area is 123 Å². The lowest BCUT2D eigenvalue weighted by Crippen LogP contribution is -2.14. The highest BCUT2D eigenvalue weighted by atomic mass is 35.5. The Bertz CT molecular complexity index is 647. The molecular formula is C12H7Cl3N2O2. The van der Waals surface area contributed by atoms with Gasteiger partial charge in [-0.15, -0.1) is 0 Å². The Morgan fingerprint density at radius 1 is 1.16 bits per heavy atom. The molecule has 2 N–H and O–H groups in total. The molecule has 19 heavy (non-hydrogen) atoms. The highest BCUT2D eigenvalue weighted by Gasteiger charge is 2.15. The average molecular weight is 318 g/mol. The molecule has 0 aliphatic rings. The van der Waals surface area contributed by atoms with Crippen molar-refractivity contribution in [1.82, 2.24) is 4.98 Å². The Kier molecular flexibility index (Phi) is 4.14. The molecule has 1 heterocycles. The first-order valence-corrected chi connectivity index (χ1v) is 6.22. The van der Waals surface area contributed by atoms with Gasteiger partial charge in [0.1, 0.15) is 5.75 Å². The maximum absolute atomic E-state index is 11.9. The van der Waals surface area contributed by atoms with Crippen LogP contribution in [-0.2, 0) is 0 Å². The number of halogens is 3. The molecule has 2 rings (SSSR count). The Morgan fingerprint density at radius 3 is 2.53 bits per heavy atom. The number of aromatic hydroxyl groups is 1. The summed E-state index contributed by atoms with van der Waals surface area (Å²) in [4.78, 5) is 15.7. The van der Waals surface area contributed by atoms with Crippen LogP contribution in [0.5, 0.6) is 5.75 Å². The highest BCUT2D eigenvalue weighted by molar-refractivity contribution is 6.44. The molecule has 0 atom stereocenters. The molecule has 4 nitrogen and oxygen atoms in total. The number of carbonyl (C=O) groups excluding carboxylic acids is 1. The lowest BCUT2D eigenvalue weighted by atomic mass is 10.2. The second-order valence-corrected chi connectivity index (χ2v) is 4.79. The number of pyridine rings is 1. The molecule has 7 heteroatoms. The molecule has 1 aromatic carbocycles. The molecule has 0 radical (unpaired) electrons. The van der Waals surface area contributed by atoms with E-state index in [1.165, 1.54) is 30.5 Å². The molecule has 0 saturated carbocycles. The van der Waals surface area contributed by atoms with Crippen LogP contribution in [0.25, 0.3) is 0 Å². The third-order valence-corrected chi connectivity index (χ3v) is 3.29. The van der Waals surface area contributed by atoms with E-state index in [-0.39, 0.29) is 32.2 Å². The van der Waals surface area contributed by atoms with Crippen molar-refractivity contribution in [2.45, 2.75) is 0 Å². The molecule has 0 bridgehead atoms. The van der Waals surface area contributed by atoms with Gasteiger partial charge in [-0.25, -0.2) is 4.98 Å². The van der Waals surface area contributed by atoms with Crippen molar-refractivity contribution in [3.63, 3.8) is 0 Å². The largest absolute Gasteiger partial charge is 0.505 e. The number of aromatic nitrogens is 1. The predicted molar refractivity (Wildman–Crippen MR) is 75.3 cm³/mol. The minimum absolute atomic E-state index is 0.107. The fraction of sp³-hybridized carbons (Fsp3) is 0. The van der Waals surface area contributed by atoms with Gasteiger partial charge in [0.15, 0.2) is 5.69 Å². The smallest absolute Gasteiger partial charge is 0.278 e. The standard InChI is InChI=1S/C12H7Cl3N2O2/c13-6-4-8(15)9(5-7(6)14)17-12(19)11-10(18)2-1-3-16-11/h1-5,18H,(H,17,19). The number of amides is 1. The van der Waals surface area contributed by atoms with E-state index in [0.29, 0.717) is 0 Å². The molecule has 0 spiro atoms. The Morgan fingerprint density at radius 2 is 1.84 bits per heavy atom. The van der Waals surface area contributed by atoms with Crippen molar-refractivity contribution in [3.8, 4) is 5.75 Å². The second-order valence-electron chi connectivity index (χ2n) is 3.57. The van der Waals surface area contributed by atoms with E-state index in [2.05, 4.69) is 10.3 Å². The number of benzene rings is 1. The number of rotatable bonds is 2. The Hall–Kier alpha value is -1.49. The Balaban J connectivity index is 2.30. The van der Waals surface area contributed by atoms with Gasteiger partial charge >= 0.3 is 0 Å². The van der Waals surface area contributed by atoms with Crippen molar-refractivity contribution in [3.05, 3.63) is 51.2 Å². The van der Waals surface area contributed by atoms with E-state index in [9.17, 15) is 9.90 Å². The van der Waals surface area contributed by atoms with Crippen LogP contribution in [0.4, 0.5) is 5.69 Å². The lowest BCUT2D eigenvalue weighted by molar-refractivity contribution is 0.101. The molecule has 0 aliphatic heterocycles. The van der Waals surface area contributed by atoms with Crippen LogP contribution < -0.4 is 5.32 Å². The fourth-order valence-electron chi connectivity index (χ4n) is 1.37. The number of carbonyl (C=O) groups is 1. The minimum atomic E-state index is -0.599. The van der Waals surface area contributed by atoms with Crippen LogP contribution in [0.15, 0.2) is 30.5 Å². The molecule has 0 aliphatic carbocycles. The first kappa shape index (κ1) is 13.9. The molecule has 2 aromatic rings. The summed E-state index contributed by atoms with van der Waals surface area (Å²) in [7, 11) is 0. The van der Waals surface area contributed by atoms with Gasteiger partial charge in [-0.1, -0.05) is 34.8 Å². The maximum Gasteiger partial charge on any atom is 0.278 e. The zero-order valence-corrected chi connectivity index (χ0v) is 11.6. The second kappa shape index (κ2) is 5.65. The zero-order chi connectivity index (χ0) is 14.0. The first-order valence-electron chi connectivity index (χ1n) is 5.09. The van der Waals surface area contributed by atoms with Crippen LogP contribution >= 0.6 is 34.8 Å². The third-order valence-electron chi connectivity index (χ3n) is 2.26. The van der Waals surface area contributed by atoms with Gasteiger partial charge in [-0.2, -0.15) is 0 Å². The van der Waals surface area contributed by atoms with Gasteiger partial charge in [0.2, 0.25) is 0 Å². The molecule has 1 aromatic heterocycles. The van der Waals surface area contributed by atoms with Crippen LogP contribution in [0.1, 0.15) is 10.5 Å². The van der Waals surface area contributed by atoms with Crippen LogP contribution in [-0.4, -0.2) is 16.0 Å². The average Bonchev–Trinajstić information content (AvgIpc) is 2.36. The number of hydrogen-bond donors (Lipinski definition) is 2. The van der Waals surface area contributed by atoms with Gasteiger partial charge in [0, 0.05) is 6.20 Å². The normalized spacial score (nSPS) is 10.3. The summed E-state index contributed by atoms with van der Waals surface area (Å²) in [5.41, 5.74) is 0.177. The van der Waals surface area contributed by atoms with Gasteiger partial charge in [-0.3, -0.25) is 4.79 Å². The van der Waals surface area contributed by atoms with Crippen LogP contribution in [0.2, 0.25) is 15.1 Å². The SMILES string of the molecule is O=C(Nc1cc(Cl)c(Cl)cc1Cl)c1ncccc1O. The number of hydrogen-bond acceptors (Lipinski definition) is 3. The van der Waals surface area contributed by atoms with Crippen molar-refractivity contribution >= 4 is 46.4 Å². The fourth-order valence-corrected chi connectivity index (χ4v) is 1.97. The number of anilines is 1. The molecule has 0 unspecified atom stereocenters. The molecular weight excluding hydrogens is 311 g/mol. The van der Waals surface area contributed by atoms with Crippen LogP contribution in [0, 0.1) is 0 Å². The molecule has 0 fully saturated rings. The predicted octanol–water partition coefficient (Wildman–Crippen LogP) is 4.00. The van der Waals surface area contributed by atoms with E-state index in [1.54, 1.807) is 0 Å². The van der Waals surface area contributed by atoms with E-state index in [4.69, 9.17) is 34.8 Å². The van der Waals surface area contributed by atoms with E-state index in [0.717, 1.165) is 0 Å². The van der Waals surface area contributed by atoms with Crippen molar-refractivity contribution < 1.29 is 9.90 Å². The summed E-state index contributed by atoms with van der Waals surface area (Å²) in [6.07, 6.45) is 1.39. The van der Waals surface area contributed by atoms with Crippen molar-refractivity contribution in [1.29, 1.82) is 0 Å². The summed E-state index contributed by atoms with van der Waals surface area (Å²) in [6.45, 7) is 0. The van der Waals surface area contributed by atoms with Crippen molar-refractivity contribution in [2.75, 3.05) is 5.32 Å². The molecule has 1 amide bonds. The van der Waals surface area contributed by atoms with Gasteiger partial charge in [0.05, 0.1) is 20.8 Å². The van der Waals surface area contributed by atoms with E-state index < -0.39 is 5.91 Å². The maximum atomic E-state index is 11.9. The summed E-state index contributed by atoms with van der Waals surface area (Å²) < 4.78 is 0. The highest BCUT2D eigenvalue weighted by Crippen LogP contribution is 2.32. The monoisotopic (exact) mass is 316 g/mol. The number of nitrogens with one attached hydrogen (secondary N) is 1. The summed E-state index contributed by atoms with van der Waals surface area (Å²) in [6, 6.07) is 5.71. The summed E-state index contributed by atoms with van der Waals surface area (Å²) in [5, 5.41) is 12.8. The lowest BCUT2D eigenvalue weighted by Gasteiger charge is -2.09. The quantitative estimate of drug-likeness (QED) is 0.823. The molecule has 0 saturated heterocycles. The third kappa shape index (κ3) is 3.10. The van der Waals surface area contributed by atoms with Crippen LogP contribution in [0.3, 0.4) is 0 Å².